The van der Waals surface area contributed by atoms with Crippen LogP contribution in [0, 0.1) is 17.8 Å². The van der Waals surface area contributed by atoms with Crippen molar-refractivity contribution < 1.29 is 4.74 Å². The summed E-state index contributed by atoms with van der Waals surface area (Å²) >= 11 is 0. The lowest BCUT2D eigenvalue weighted by Gasteiger charge is -2.62. The van der Waals surface area contributed by atoms with Gasteiger partial charge in [-0.15, -0.1) is 0 Å². The Bertz CT molecular complexity index is 666. The predicted octanol–water partition coefficient (Wildman–Crippen LogP) is 2.86. The summed E-state index contributed by atoms with van der Waals surface area (Å²) in [4.78, 5) is 2.45. The average Bonchev–Trinajstić information content (AvgIpc) is 2.58. The molecule has 1 aromatic carbocycles. The number of nitrogens with zero attached hydrogens (tertiary/aromatic N) is 1. The lowest BCUT2D eigenvalue weighted by molar-refractivity contribution is -0.0387. The quantitative estimate of drug-likeness (QED) is 0.856. The largest absolute Gasteiger partial charge is 0.372 e. The molecule has 4 aliphatic carbocycles. The summed E-state index contributed by atoms with van der Waals surface area (Å²) in [5.74, 6) is 2.47. The smallest absolute Gasteiger partial charge is 0.0726 e. The molecule has 8 atom stereocenters. The number of benzene rings is 1. The van der Waals surface area contributed by atoms with Crippen LogP contribution in [0.3, 0.4) is 0 Å². The summed E-state index contributed by atoms with van der Waals surface area (Å²) < 4.78 is 5.87. The van der Waals surface area contributed by atoms with Crippen molar-refractivity contribution in [2.75, 3.05) is 18.0 Å². The number of nitrogens with two attached hydrogens (primary N) is 2. The molecule has 1 heterocycles. The van der Waals surface area contributed by atoms with Crippen LogP contribution in [0.1, 0.15) is 51.0 Å². The first-order valence-corrected chi connectivity index (χ1v) is 10.5. The zero-order chi connectivity index (χ0) is 18.1. The van der Waals surface area contributed by atoms with Gasteiger partial charge in [-0.25, -0.2) is 0 Å². The average molecular weight is 356 g/mol. The normalized spacial score (nSPS) is 47.4. The van der Waals surface area contributed by atoms with Gasteiger partial charge in [-0.1, -0.05) is 12.1 Å². The van der Waals surface area contributed by atoms with Crippen LogP contribution in [0.15, 0.2) is 24.3 Å². The molecule has 4 N–H and O–H groups in total. The highest BCUT2D eigenvalue weighted by Gasteiger charge is 2.58. The van der Waals surface area contributed by atoms with Crippen LogP contribution in [-0.4, -0.2) is 36.9 Å². The number of hydrogen-bond acceptors (Lipinski definition) is 4. The molecule has 26 heavy (non-hydrogen) atoms. The van der Waals surface area contributed by atoms with Gasteiger partial charge in [0.25, 0.3) is 0 Å². The van der Waals surface area contributed by atoms with Crippen molar-refractivity contribution in [2.45, 2.75) is 69.2 Å². The predicted molar refractivity (Wildman–Crippen MR) is 105 cm³/mol. The van der Waals surface area contributed by atoms with Gasteiger partial charge in [0.2, 0.25) is 0 Å². The summed E-state index contributed by atoms with van der Waals surface area (Å²) in [6, 6.07) is 9.58. The second kappa shape index (κ2) is 5.95. The van der Waals surface area contributed by atoms with E-state index < -0.39 is 0 Å². The van der Waals surface area contributed by atoms with Crippen LogP contribution < -0.4 is 16.4 Å². The van der Waals surface area contributed by atoms with Gasteiger partial charge < -0.3 is 21.1 Å². The molecular weight excluding hydrogens is 322 g/mol. The highest BCUT2D eigenvalue weighted by Crippen LogP contribution is 2.60. The van der Waals surface area contributed by atoms with Crippen molar-refractivity contribution in [3.63, 3.8) is 0 Å². The van der Waals surface area contributed by atoms with Crippen molar-refractivity contribution in [3.05, 3.63) is 29.8 Å². The molecule has 6 rings (SSSR count). The SMILES string of the molecule is CC1CN(c2ccc(C3C4CC5CC(CC3(N)C5)C4N)cc2)CC(C)O1. The van der Waals surface area contributed by atoms with E-state index in [-0.39, 0.29) is 17.7 Å². The molecule has 0 aromatic heterocycles. The van der Waals surface area contributed by atoms with Gasteiger partial charge in [0.15, 0.2) is 0 Å². The van der Waals surface area contributed by atoms with Crippen LogP contribution in [0.2, 0.25) is 0 Å². The van der Waals surface area contributed by atoms with Crippen LogP contribution in [-0.2, 0) is 4.74 Å². The van der Waals surface area contributed by atoms with E-state index in [1.807, 2.05) is 0 Å². The summed E-state index contributed by atoms with van der Waals surface area (Å²) in [5, 5.41) is 0. The number of anilines is 1. The molecule has 1 aromatic rings. The summed E-state index contributed by atoms with van der Waals surface area (Å²) in [6.45, 7) is 6.24. The maximum atomic E-state index is 6.99. The first kappa shape index (κ1) is 17.0. The molecule has 4 bridgehead atoms. The summed E-state index contributed by atoms with van der Waals surface area (Å²) in [6.07, 6.45) is 5.47. The Kier molecular flexibility index (Phi) is 3.90. The maximum absolute atomic E-state index is 6.99. The van der Waals surface area contributed by atoms with Gasteiger partial charge in [-0.3, -0.25) is 0 Å². The Labute approximate surface area is 157 Å². The highest BCUT2D eigenvalue weighted by molar-refractivity contribution is 5.49. The van der Waals surface area contributed by atoms with Gasteiger partial charge in [0.05, 0.1) is 12.2 Å². The van der Waals surface area contributed by atoms with E-state index in [9.17, 15) is 0 Å². The van der Waals surface area contributed by atoms with E-state index in [0.29, 0.717) is 23.8 Å². The number of rotatable bonds is 2. The van der Waals surface area contributed by atoms with Gasteiger partial charge in [0, 0.05) is 36.3 Å². The van der Waals surface area contributed by atoms with Crippen molar-refractivity contribution >= 4 is 5.69 Å². The zero-order valence-corrected chi connectivity index (χ0v) is 16.1. The molecular formula is C22H33N3O. The van der Waals surface area contributed by atoms with E-state index in [1.54, 1.807) is 0 Å². The second-order valence-electron chi connectivity index (χ2n) is 9.71. The van der Waals surface area contributed by atoms with E-state index in [4.69, 9.17) is 16.2 Å². The second-order valence-corrected chi connectivity index (χ2v) is 9.71. The Morgan fingerprint density at radius 3 is 2.42 bits per heavy atom. The van der Waals surface area contributed by atoms with E-state index >= 15 is 0 Å². The molecule has 142 valence electrons. The standard InChI is InChI=1S/C22H33N3O/c1-13-11-25(12-14(2)26-13)18-5-3-16(4-6-18)20-19-8-15-7-17(21(19)23)10-22(20,24)9-15/h3-6,13-15,17,19-21H,7-12,23-24H2,1-2H3. The van der Waals surface area contributed by atoms with Gasteiger partial charge >= 0.3 is 0 Å². The third-order valence-electron chi connectivity index (χ3n) is 7.68. The number of hydrogen-bond donors (Lipinski definition) is 2. The topological polar surface area (TPSA) is 64.5 Å². The number of morpholine rings is 1. The molecule has 1 aliphatic heterocycles. The van der Waals surface area contributed by atoms with Crippen LogP contribution in [0.4, 0.5) is 5.69 Å². The fourth-order valence-corrected chi connectivity index (χ4v) is 6.97. The van der Waals surface area contributed by atoms with Crippen LogP contribution in [0.5, 0.6) is 0 Å². The molecule has 0 spiro atoms. The molecule has 0 amide bonds. The zero-order valence-electron chi connectivity index (χ0n) is 16.1. The van der Waals surface area contributed by atoms with Crippen molar-refractivity contribution in [1.82, 2.24) is 0 Å². The molecule has 4 heteroatoms. The maximum Gasteiger partial charge on any atom is 0.0726 e. The number of ether oxygens (including phenoxy) is 1. The van der Waals surface area contributed by atoms with Gasteiger partial charge in [0.1, 0.15) is 0 Å². The first-order valence-electron chi connectivity index (χ1n) is 10.5. The lowest BCUT2D eigenvalue weighted by Crippen LogP contribution is -2.67. The Morgan fingerprint density at radius 2 is 1.73 bits per heavy atom. The van der Waals surface area contributed by atoms with Crippen LogP contribution in [0.25, 0.3) is 0 Å². The van der Waals surface area contributed by atoms with Gasteiger partial charge in [-0.05, 0) is 75.0 Å². The fourth-order valence-electron chi connectivity index (χ4n) is 6.97. The first-order chi connectivity index (χ1) is 12.4. The molecule has 8 unspecified atom stereocenters. The third-order valence-corrected chi connectivity index (χ3v) is 7.68. The summed E-state index contributed by atoms with van der Waals surface area (Å²) in [7, 11) is 0. The highest BCUT2D eigenvalue weighted by atomic mass is 16.5. The molecule has 4 nitrogen and oxygen atoms in total. The van der Waals surface area contributed by atoms with E-state index in [0.717, 1.165) is 25.4 Å². The van der Waals surface area contributed by atoms with E-state index in [1.165, 1.54) is 30.5 Å². The Morgan fingerprint density at radius 1 is 1.04 bits per heavy atom. The van der Waals surface area contributed by atoms with Crippen molar-refractivity contribution in [3.8, 4) is 0 Å². The van der Waals surface area contributed by atoms with Crippen LogP contribution >= 0.6 is 0 Å². The molecule has 5 fully saturated rings. The third kappa shape index (κ3) is 2.61. The minimum Gasteiger partial charge on any atom is -0.372 e. The lowest BCUT2D eigenvalue weighted by atomic mass is 9.46. The van der Waals surface area contributed by atoms with Gasteiger partial charge in [-0.2, -0.15) is 0 Å². The Balaban J connectivity index is 1.41. The Hall–Kier alpha value is -1.10. The molecule has 4 saturated carbocycles. The molecule has 1 saturated heterocycles. The fraction of sp³-hybridized carbons (Fsp3) is 0.727. The summed E-state index contributed by atoms with van der Waals surface area (Å²) in [5.41, 5.74) is 16.3. The molecule has 0 radical (unpaired) electrons. The monoisotopic (exact) mass is 355 g/mol. The minimum atomic E-state index is -0.0319. The van der Waals surface area contributed by atoms with E-state index in [2.05, 4.69) is 43.0 Å². The molecule has 5 aliphatic rings. The van der Waals surface area contributed by atoms with Crippen molar-refractivity contribution in [2.24, 2.45) is 29.2 Å². The minimum absolute atomic E-state index is 0.0319. The van der Waals surface area contributed by atoms with Crippen molar-refractivity contribution in [1.29, 1.82) is 0 Å².